The van der Waals surface area contributed by atoms with Gasteiger partial charge in [0.1, 0.15) is 11.7 Å². The van der Waals surface area contributed by atoms with E-state index in [0.29, 0.717) is 12.0 Å². The molecule has 1 unspecified atom stereocenters. The zero-order valence-corrected chi connectivity index (χ0v) is 20.5. The van der Waals surface area contributed by atoms with E-state index in [0.717, 1.165) is 43.3 Å². The summed E-state index contributed by atoms with van der Waals surface area (Å²) < 4.78 is 12.3. The number of esters is 1. The van der Waals surface area contributed by atoms with E-state index in [1.807, 2.05) is 20.8 Å². The molecule has 0 aromatic carbocycles. The molecule has 2 heterocycles. The highest BCUT2D eigenvalue weighted by Crippen LogP contribution is 2.71. The molecule has 1 spiro atoms. The highest BCUT2D eigenvalue weighted by atomic mass is 16.6. The molecule has 10 atom stereocenters. The van der Waals surface area contributed by atoms with Crippen molar-refractivity contribution in [3.8, 4) is 0 Å². The van der Waals surface area contributed by atoms with Crippen LogP contribution in [0.25, 0.3) is 0 Å². The van der Waals surface area contributed by atoms with Crippen LogP contribution in [0.4, 0.5) is 0 Å². The van der Waals surface area contributed by atoms with Crippen molar-refractivity contribution >= 4 is 11.8 Å². The van der Waals surface area contributed by atoms with E-state index in [-0.39, 0.29) is 40.8 Å². The molecule has 1 saturated heterocycles. The fourth-order valence-electron chi connectivity index (χ4n) is 9.17. The number of aliphatic hydroxyl groups is 2. The second-order valence-corrected chi connectivity index (χ2v) is 12.1. The van der Waals surface area contributed by atoms with Crippen molar-refractivity contribution in [2.75, 3.05) is 0 Å². The van der Waals surface area contributed by atoms with Gasteiger partial charge in [0, 0.05) is 23.3 Å². The monoisotopic (exact) mass is 468 g/mol. The summed E-state index contributed by atoms with van der Waals surface area (Å²) in [6.45, 7) is 7.83. The van der Waals surface area contributed by atoms with E-state index < -0.39 is 29.5 Å². The minimum atomic E-state index is -0.910. The molecule has 4 aliphatic carbocycles. The maximum absolute atomic E-state index is 13.2. The number of allylic oxidation sites excluding steroid dienone is 2. The Labute approximate surface area is 201 Å². The van der Waals surface area contributed by atoms with Crippen LogP contribution in [0.5, 0.6) is 0 Å². The fourth-order valence-corrected chi connectivity index (χ4v) is 9.17. The molecule has 2 N–H and O–H groups in total. The van der Waals surface area contributed by atoms with Gasteiger partial charge in [0.25, 0.3) is 0 Å². The van der Waals surface area contributed by atoms with Gasteiger partial charge >= 0.3 is 5.97 Å². The second kappa shape index (κ2) is 7.14. The number of carbonyl (C=O) groups excluding carboxylic acids is 2. The maximum atomic E-state index is 13.2. The van der Waals surface area contributed by atoms with Crippen molar-refractivity contribution in [1.82, 2.24) is 0 Å². The Bertz CT molecular complexity index is 1060. The van der Waals surface area contributed by atoms with E-state index in [1.165, 1.54) is 0 Å². The predicted molar refractivity (Wildman–Crippen MR) is 124 cm³/mol. The molecule has 6 aliphatic rings. The smallest absolute Gasteiger partial charge is 0.334 e. The number of ketones is 1. The lowest BCUT2D eigenvalue weighted by molar-refractivity contribution is -0.215. The van der Waals surface area contributed by atoms with Crippen LogP contribution in [0, 0.1) is 34.5 Å². The average molecular weight is 469 g/mol. The van der Waals surface area contributed by atoms with Gasteiger partial charge in [-0.05, 0) is 95.3 Å². The topological polar surface area (TPSA) is 93.1 Å². The van der Waals surface area contributed by atoms with Gasteiger partial charge in [-0.15, -0.1) is 0 Å². The van der Waals surface area contributed by atoms with Crippen molar-refractivity contribution in [3.05, 3.63) is 34.9 Å². The van der Waals surface area contributed by atoms with Gasteiger partial charge < -0.3 is 19.7 Å². The van der Waals surface area contributed by atoms with Gasteiger partial charge in [0.05, 0.1) is 11.5 Å². The first-order valence-electron chi connectivity index (χ1n) is 12.9. The van der Waals surface area contributed by atoms with Crippen molar-refractivity contribution in [2.45, 2.75) is 90.3 Å². The van der Waals surface area contributed by atoms with E-state index in [1.54, 1.807) is 19.1 Å². The summed E-state index contributed by atoms with van der Waals surface area (Å²) in [4.78, 5) is 25.7. The van der Waals surface area contributed by atoms with Crippen LogP contribution in [-0.2, 0) is 19.1 Å². The van der Waals surface area contributed by atoms with Crippen molar-refractivity contribution < 1.29 is 29.3 Å². The van der Waals surface area contributed by atoms with Gasteiger partial charge in [-0.1, -0.05) is 11.6 Å². The lowest BCUT2D eigenvalue weighted by Gasteiger charge is -2.56. The molecule has 6 nitrogen and oxygen atoms in total. The summed E-state index contributed by atoms with van der Waals surface area (Å²) in [5.41, 5.74) is 0.747. The quantitative estimate of drug-likeness (QED) is 0.451. The van der Waals surface area contributed by atoms with E-state index in [2.05, 4.69) is 6.08 Å². The summed E-state index contributed by atoms with van der Waals surface area (Å²) in [7, 11) is 0. The Kier molecular flexibility index (Phi) is 4.77. The first kappa shape index (κ1) is 22.7. The molecule has 0 aromatic rings. The molecule has 0 aromatic heterocycles. The molecule has 0 bridgehead atoms. The summed E-state index contributed by atoms with van der Waals surface area (Å²) in [5.74, 6) is 0.533. The number of fused-ring (bicyclic) bond motifs is 4. The Morgan fingerprint density at radius 2 is 1.82 bits per heavy atom. The van der Waals surface area contributed by atoms with Crippen molar-refractivity contribution in [1.29, 1.82) is 0 Å². The van der Waals surface area contributed by atoms with Crippen LogP contribution in [0.1, 0.15) is 66.2 Å². The fraction of sp³-hybridized carbons (Fsp3) is 0.714. The standard InChI is InChI=1S/C28H36O6/c1-14-13-23(33-24(31)15(14)2)27(4)21-9-7-18-16-5-6-19-20(29)8-10-22(30)26(19,3)17(16)11-12-28(18,21)25(32)34-27/h6,8,10,16-18,20-21,23,25,29,32H,5,7,9,11-13H2,1-4H3/t16-,17+,18+,20+,21-,23-,25?,26-,27-,28-/m1/s1. The van der Waals surface area contributed by atoms with Crippen molar-refractivity contribution in [3.63, 3.8) is 0 Å². The lowest BCUT2D eigenvalue weighted by Crippen LogP contribution is -2.56. The van der Waals surface area contributed by atoms with E-state index in [4.69, 9.17) is 9.47 Å². The van der Waals surface area contributed by atoms with Gasteiger partial charge in [0.15, 0.2) is 12.1 Å². The van der Waals surface area contributed by atoms with Gasteiger partial charge in [-0.25, -0.2) is 4.79 Å². The number of hydrogen-bond acceptors (Lipinski definition) is 6. The largest absolute Gasteiger partial charge is 0.456 e. The third-order valence-corrected chi connectivity index (χ3v) is 11.1. The van der Waals surface area contributed by atoms with Crippen molar-refractivity contribution in [2.24, 2.45) is 34.5 Å². The molecule has 6 heteroatoms. The number of aliphatic hydroxyl groups excluding tert-OH is 2. The molecular formula is C28H36O6. The van der Waals surface area contributed by atoms with Crippen LogP contribution >= 0.6 is 0 Å². The van der Waals surface area contributed by atoms with Gasteiger partial charge in [-0.3, -0.25) is 4.79 Å². The number of ether oxygens (including phenoxy) is 2. The maximum Gasteiger partial charge on any atom is 0.334 e. The molecular weight excluding hydrogens is 432 g/mol. The third kappa shape index (κ3) is 2.57. The molecule has 2 aliphatic heterocycles. The highest BCUT2D eigenvalue weighted by molar-refractivity contribution is 5.99. The minimum absolute atomic E-state index is 0.0871. The SMILES string of the molecule is CC1=C(C)C(=O)O[C@@H]([C@]2(C)OC(O)[C@]34CC[C@H]5[C@@H](CC=C6[C@@H](O)C=CC(=O)[C@@]65C)[C@@H]3CC[C@H]24)C1. The van der Waals surface area contributed by atoms with E-state index in [9.17, 15) is 19.8 Å². The molecule has 0 radical (unpaired) electrons. The first-order chi connectivity index (χ1) is 16.0. The number of cyclic esters (lactones) is 1. The van der Waals surface area contributed by atoms with Gasteiger partial charge in [0.2, 0.25) is 0 Å². The summed E-state index contributed by atoms with van der Waals surface area (Å²) in [5, 5.41) is 22.1. The van der Waals surface area contributed by atoms with Gasteiger partial charge in [-0.2, -0.15) is 0 Å². The normalized spacial score (nSPS) is 51.9. The first-order valence-corrected chi connectivity index (χ1v) is 12.9. The highest BCUT2D eigenvalue weighted by Gasteiger charge is 2.73. The molecule has 34 heavy (non-hydrogen) atoms. The number of carbonyl (C=O) groups is 2. The lowest BCUT2D eigenvalue weighted by atomic mass is 9.46. The zero-order chi connectivity index (χ0) is 24.2. The van der Waals surface area contributed by atoms with Crippen LogP contribution in [0.15, 0.2) is 34.9 Å². The van der Waals surface area contributed by atoms with Crippen LogP contribution in [-0.4, -0.2) is 46.1 Å². The molecule has 184 valence electrons. The third-order valence-electron chi connectivity index (χ3n) is 11.1. The Balaban J connectivity index is 1.36. The van der Waals surface area contributed by atoms with Crippen LogP contribution < -0.4 is 0 Å². The van der Waals surface area contributed by atoms with Crippen LogP contribution in [0.3, 0.4) is 0 Å². The molecule has 3 fully saturated rings. The van der Waals surface area contributed by atoms with E-state index >= 15 is 0 Å². The second-order valence-electron chi connectivity index (χ2n) is 12.1. The average Bonchev–Trinajstić information content (AvgIpc) is 3.30. The predicted octanol–water partition coefficient (Wildman–Crippen LogP) is 3.62. The molecule has 6 rings (SSSR count). The number of hydrogen-bond donors (Lipinski definition) is 2. The summed E-state index contributed by atoms with van der Waals surface area (Å²) >= 11 is 0. The Morgan fingerprint density at radius 3 is 2.56 bits per heavy atom. The zero-order valence-electron chi connectivity index (χ0n) is 20.5. The molecule has 0 amide bonds. The Hall–Kier alpha value is -1.76. The minimum Gasteiger partial charge on any atom is -0.456 e. The Morgan fingerprint density at radius 1 is 1.06 bits per heavy atom. The van der Waals surface area contributed by atoms with Crippen LogP contribution in [0.2, 0.25) is 0 Å². The molecule has 2 saturated carbocycles. The summed E-state index contributed by atoms with van der Waals surface area (Å²) in [6.07, 6.45) is 8.19. The summed E-state index contributed by atoms with van der Waals surface area (Å²) in [6, 6.07) is 0. The number of rotatable bonds is 1.